The predicted molar refractivity (Wildman–Crippen MR) is 124 cm³/mol. The van der Waals surface area contributed by atoms with Crippen LogP contribution in [-0.4, -0.2) is 18.5 Å². The molecule has 0 saturated heterocycles. The van der Waals surface area contributed by atoms with Crippen molar-refractivity contribution < 1.29 is 18.7 Å². The number of ether oxygens (including phenoxy) is 1. The van der Waals surface area contributed by atoms with Gasteiger partial charge in [0.15, 0.2) is 0 Å². The number of hydrogen-bond acceptors (Lipinski definition) is 4. The maximum Gasteiger partial charge on any atom is 0.341 e. The van der Waals surface area contributed by atoms with Gasteiger partial charge in [-0.2, -0.15) is 0 Å². The first-order valence-electron chi connectivity index (χ1n) is 11.7. The minimum Gasteiger partial charge on any atom is -0.462 e. The second kappa shape index (κ2) is 8.29. The van der Waals surface area contributed by atoms with Crippen molar-refractivity contribution >= 4 is 28.2 Å². The van der Waals surface area contributed by atoms with E-state index in [1.54, 1.807) is 19.1 Å². The number of esters is 1. The molecule has 1 heterocycles. The van der Waals surface area contributed by atoms with E-state index in [1.807, 2.05) is 6.92 Å². The monoisotopic (exact) mass is 455 g/mol. The molecular formula is C26H30FNO3S. The van der Waals surface area contributed by atoms with E-state index in [2.05, 4.69) is 5.32 Å². The van der Waals surface area contributed by atoms with Gasteiger partial charge in [0.2, 0.25) is 5.91 Å². The molecule has 1 aromatic heterocycles. The number of carbonyl (C=O) groups is 2. The second-order valence-electron chi connectivity index (χ2n) is 10.1. The van der Waals surface area contributed by atoms with E-state index < -0.39 is 5.97 Å². The van der Waals surface area contributed by atoms with Gasteiger partial charge in [0.25, 0.3) is 0 Å². The molecule has 32 heavy (non-hydrogen) atoms. The Bertz CT molecular complexity index is 1010. The summed E-state index contributed by atoms with van der Waals surface area (Å²) in [5, 5.41) is 3.61. The number of thiophene rings is 1. The Hall–Kier alpha value is -2.21. The number of hydrogen-bond donors (Lipinski definition) is 1. The summed E-state index contributed by atoms with van der Waals surface area (Å²) in [6.45, 7) is 3.93. The van der Waals surface area contributed by atoms with Crippen LogP contribution in [-0.2, 0) is 9.53 Å². The fraction of sp³-hybridized carbons (Fsp3) is 0.538. The van der Waals surface area contributed by atoms with E-state index in [1.165, 1.54) is 62.0 Å². The van der Waals surface area contributed by atoms with Gasteiger partial charge in [0, 0.05) is 16.9 Å². The van der Waals surface area contributed by atoms with E-state index in [9.17, 15) is 14.0 Å². The van der Waals surface area contributed by atoms with Crippen molar-refractivity contribution in [3.8, 4) is 11.1 Å². The molecule has 170 valence electrons. The van der Waals surface area contributed by atoms with Crippen molar-refractivity contribution in [2.75, 3.05) is 11.9 Å². The molecule has 0 atom stereocenters. The minimum absolute atomic E-state index is 0.00981. The quantitative estimate of drug-likeness (QED) is 0.500. The van der Waals surface area contributed by atoms with Crippen LogP contribution in [0.3, 0.4) is 0 Å². The van der Waals surface area contributed by atoms with E-state index in [0.717, 1.165) is 28.2 Å². The highest BCUT2D eigenvalue weighted by atomic mass is 32.1. The molecule has 0 spiro atoms. The topological polar surface area (TPSA) is 55.4 Å². The number of benzene rings is 1. The third-order valence-corrected chi connectivity index (χ3v) is 8.67. The largest absolute Gasteiger partial charge is 0.462 e. The minimum atomic E-state index is -0.457. The second-order valence-corrected chi connectivity index (χ2v) is 11.3. The summed E-state index contributed by atoms with van der Waals surface area (Å²) in [7, 11) is 0. The van der Waals surface area contributed by atoms with Gasteiger partial charge in [0.05, 0.1) is 6.61 Å². The average Bonchev–Trinajstić information content (AvgIpc) is 3.02. The number of carbonyl (C=O) groups excluding carboxylic acids is 2. The number of nitrogens with one attached hydrogen (secondary N) is 1. The van der Waals surface area contributed by atoms with E-state index >= 15 is 0 Å². The summed E-state index contributed by atoms with van der Waals surface area (Å²) in [4.78, 5) is 27.0. The molecule has 4 fully saturated rings. The molecule has 1 N–H and O–H groups in total. The number of amides is 1. The highest BCUT2D eigenvalue weighted by molar-refractivity contribution is 7.17. The molecule has 4 saturated carbocycles. The first kappa shape index (κ1) is 21.6. The van der Waals surface area contributed by atoms with E-state index in [-0.39, 0.29) is 23.7 Å². The van der Waals surface area contributed by atoms with Crippen LogP contribution in [0.4, 0.5) is 9.39 Å². The lowest BCUT2D eigenvalue weighted by atomic mass is 9.49. The summed E-state index contributed by atoms with van der Waals surface area (Å²) in [6.07, 6.45) is 8.07. The molecule has 4 aliphatic carbocycles. The van der Waals surface area contributed by atoms with Gasteiger partial charge < -0.3 is 10.1 Å². The van der Waals surface area contributed by atoms with Crippen molar-refractivity contribution in [3.05, 3.63) is 40.5 Å². The van der Waals surface area contributed by atoms with Crippen LogP contribution in [0.15, 0.2) is 24.3 Å². The molecular weight excluding hydrogens is 425 g/mol. The molecule has 0 unspecified atom stereocenters. The fourth-order valence-corrected chi connectivity index (χ4v) is 8.09. The van der Waals surface area contributed by atoms with Gasteiger partial charge in [0.1, 0.15) is 16.4 Å². The van der Waals surface area contributed by atoms with Crippen molar-refractivity contribution in [3.63, 3.8) is 0 Å². The van der Waals surface area contributed by atoms with Crippen LogP contribution in [0, 0.1) is 35.9 Å². The van der Waals surface area contributed by atoms with Crippen LogP contribution in [0.2, 0.25) is 0 Å². The molecule has 6 heteroatoms. The van der Waals surface area contributed by atoms with Crippen molar-refractivity contribution in [1.82, 2.24) is 0 Å². The lowest BCUT2D eigenvalue weighted by molar-refractivity contribution is -0.124. The molecule has 2 aromatic rings. The van der Waals surface area contributed by atoms with Gasteiger partial charge in [-0.25, -0.2) is 9.18 Å². The molecule has 1 amide bonds. The molecule has 4 aliphatic rings. The standard InChI is InChI=1S/C26H30FNO3S/c1-3-31-25(30)23-22(19-4-6-20(27)7-5-19)15(2)32-24(23)28-21(29)14-26-11-16-8-17(12-26)10-18(9-16)13-26/h4-7,16-18H,3,8-14H2,1-2H3,(H,28,29). The first-order chi connectivity index (χ1) is 15.4. The maximum atomic E-state index is 13.5. The van der Waals surface area contributed by atoms with Gasteiger partial charge in [-0.3, -0.25) is 4.79 Å². The normalized spacial score (nSPS) is 28.0. The fourth-order valence-electron chi connectivity index (χ4n) is 7.01. The van der Waals surface area contributed by atoms with Crippen molar-refractivity contribution in [1.29, 1.82) is 0 Å². The molecule has 0 aliphatic heterocycles. The van der Waals surface area contributed by atoms with E-state index in [0.29, 0.717) is 22.5 Å². The van der Waals surface area contributed by atoms with Crippen LogP contribution in [0.25, 0.3) is 11.1 Å². The summed E-state index contributed by atoms with van der Waals surface area (Å²) >= 11 is 1.39. The van der Waals surface area contributed by atoms with Crippen molar-refractivity contribution in [2.45, 2.75) is 58.8 Å². The SMILES string of the molecule is CCOC(=O)c1c(NC(=O)CC23CC4CC(CC(C4)C2)C3)sc(C)c1-c1ccc(F)cc1. The molecule has 6 rings (SSSR count). The lowest BCUT2D eigenvalue weighted by Crippen LogP contribution is -2.47. The Morgan fingerprint density at radius 2 is 1.69 bits per heavy atom. The Morgan fingerprint density at radius 1 is 1.09 bits per heavy atom. The number of rotatable bonds is 6. The zero-order valence-electron chi connectivity index (χ0n) is 18.7. The lowest BCUT2D eigenvalue weighted by Gasteiger charge is -2.56. The molecule has 0 radical (unpaired) electrons. The third-order valence-electron chi connectivity index (χ3n) is 7.65. The summed E-state index contributed by atoms with van der Waals surface area (Å²) in [5.41, 5.74) is 1.96. The van der Waals surface area contributed by atoms with Crippen molar-refractivity contribution in [2.24, 2.45) is 23.2 Å². The van der Waals surface area contributed by atoms with Crippen LogP contribution in [0.5, 0.6) is 0 Å². The number of aryl methyl sites for hydroxylation is 1. The zero-order valence-corrected chi connectivity index (χ0v) is 19.5. The van der Waals surface area contributed by atoms with Gasteiger partial charge >= 0.3 is 5.97 Å². The molecule has 4 bridgehead atoms. The Morgan fingerprint density at radius 3 is 2.25 bits per heavy atom. The Kier molecular flexibility index (Phi) is 5.60. The van der Waals surface area contributed by atoms with Gasteiger partial charge in [-0.05, 0) is 93.2 Å². The maximum absolute atomic E-state index is 13.5. The Labute approximate surface area is 192 Å². The smallest absolute Gasteiger partial charge is 0.341 e. The van der Waals surface area contributed by atoms with Crippen LogP contribution < -0.4 is 5.32 Å². The highest BCUT2D eigenvalue weighted by Crippen LogP contribution is 2.61. The van der Waals surface area contributed by atoms with Crippen LogP contribution in [0.1, 0.15) is 67.1 Å². The number of halogens is 1. The molecule has 4 nitrogen and oxygen atoms in total. The average molecular weight is 456 g/mol. The van der Waals surface area contributed by atoms with Gasteiger partial charge in [-0.15, -0.1) is 11.3 Å². The van der Waals surface area contributed by atoms with Crippen LogP contribution >= 0.6 is 11.3 Å². The third kappa shape index (κ3) is 3.98. The summed E-state index contributed by atoms with van der Waals surface area (Å²) < 4.78 is 18.8. The Balaban J connectivity index is 1.42. The highest BCUT2D eigenvalue weighted by Gasteiger charge is 2.51. The summed E-state index contributed by atoms with van der Waals surface area (Å²) in [5.74, 6) is 1.57. The summed E-state index contributed by atoms with van der Waals surface area (Å²) in [6, 6.07) is 6.08. The molecule has 1 aromatic carbocycles. The predicted octanol–water partition coefficient (Wildman–Crippen LogP) is 6.58. The number of anilines is 1. The zero-order chi connectivity index (χ0) is 22.5. The van der Waals surface area contributed by atoms with Gasteiger partial charge in [-0.1, -0.05) is 12.1 Å². The van der Waals surface area contributed by atoms with E-state index in [4.69, 9.17) is 4.74 Å². The first-order valence-corrected chi connectivity index (χ1v) is 12.5.